The van der Waals surface area contributed by atoms with E-state index in [-0.39, 0.29) is 18.3 Å². The molecule has 1 N–H and O–H groups in total. The van der Waals surface area contributed by atoms with Crippen LogP contribution in [0.15, 0.2) is 40.9 Å². The van der Waals surface area contributed by atoms with Crippen LogP contribution in [0.25, 0.3) is 0 Å². The van der Waals surface area contributed by atoms with Gasteiger partial charge in [0.2, 0.25) is 0 Å². The molecule has 0 saturated heterocycles. The molecule has 0 aromatic heterocycles. The molecule has 1 amide bonds. The van der Waals surface area contributed by atoms with Crippen molar-refractivity contribution in [2.24, 2.45) is 0 Å². The maximum Gasteiger partial charge on any atom is 0.257 e. The molecular formula is C19H19BrFNO2. The second-order valence-corrected chi connectivity index (χ2v) is 6.78. The number of hydrogen-bond acceptors (Lipinski definition) is 2. The van der Waals surface area contributed by atoms with Gasteiger partial charge in [-0.05, 0) is 82.6 Å². The van der Waals surface area contributed by atoms with Gasteiger partial charge in [0.25, 0.3) is 5.91 Å². The minimum Gasteiger partial charge on any atom is -0.484 e. The minimum absolute atomic E-state index is 0.00585. The summed E-state index contributed by atoms with van der Waals surface area (Å²) in [7, 11) is 0. The third-order valence-electron chi connectivity index (χ3n) is 4.16. The van der Waals surface area contributed by atoms with Crippen molar-refractivity contribution in [1.29, 1.82) is 0 Å². The van der Waals surface area contributed by atoms with E-state index >= 15 is 0 Å². The van der Waals surface area contributed by atoms with Crippen LogP contribution >= 0.6 is 15.9 Å². The maximum atomic E-state index is 13.2. The number of amides is 1. The zero-order valence-corrected chi connectivity index (χ0v) is 14.9. The van der Waals surface area contributed by atoms with Crippen molar-refractivity contribution in [1.82, 2.24) is 5.32 Å². The van der Waals surface area contributed by atoms with E-state index in [1.54, 1.807) is 12.1 Å². The molecule has 2 aromatic carbocycles. The van der Waals surface area contributed by atoms with E-state index in [1.165, 1.54) is 23.6 Å². The lowest BCUT2D eigenvalue weighted by Gasteiger charge is -2.09. The number of fused-ring (bicyclic) bond motifs is 1. The second kappa shape index (κ2) is 7.79. The molecule has 3 rings (SSSR count). The quantitative estimate of drug-likeness (QED) is 0.812. The first-order valence-electron chi connectivity index (χ1n) is 8.07. The third kappa shape index (κ3) is 4.35. The molecule has 24 heavy (non-hydrogen) atoms. The average Bonchev–Trinajstić information content (AvgIpc) is 3.04. The summed E-state index contributed by atoms with van der Waals surface area (Å²) in [5.41, 5.74) is 3.68. The number of carbonyl (C=O) groups is 1. The first-order chi connectivity index (χ1) is 11.6. The van der Waals surface area contributed by atoms with Gasteiger partial charge in [0, 0.05) is 6.54 Å². The second-order valence-electron chi connectivity index (χ2n) is 5.92. The molecule has 0 aliphatic heterocycles. The number of aryl methyl sites for hydroxylation is 2. The third-order valence-corrected chi connectivity index (χ3v) is 4.77. The fourth-order valence-electron chi connectivity index (χ4n) is 2.88. The lowest BCUT2D eigenvalue weighted by atomic mass is 10.1. The molecule has 0 bridgehead atoms. The van der Waals surface area contributed by atoms with Crippen LogP contribution < -0.4 is 10.1 Å². The Morgan fingerprint density at radius 1 is 1.17 bits per heavy atom. The molecule has 0 saturated carbocycles. The molecule has 0 unspecified atom stereocenters. The standard InChI is InChI=1S/C19H19BrFNO2/c20-17-10-13(4-7-18(17)21)8-9-22-19(23)12-24-16-6-5-14-2-1-3-15(14)11-16/h4-7,10-11H,1-3,8-9,12H2,(H,22,23). The highest BCUT2D eigenvalue weighted by Gasteiger charge is 2.11. The van der Waals surface area contributed by atoms with Crippen LogP contribution in [0, 0.1) is 5.82 Å². The normalized spacial score (nSPS) is 12.8. The largest absolute Gasteiger partial charge is 0.484 e. The summed E-state index contributed by atoms with van der Waals surface area (Å²) in [5, 5.41) is 2.81. The van der Waals surface area contributed by atoms with Gasteiger partial charge >= 0.3 is 0 Å². The van der Waals surface area contributed by atoms with Gasteiger partial charge in [-0.3, -0.25) is 4.79 Å². The summed E-state index contributed by atoms with van der Waals surface area (Å²) >= 11 is 3.16. The van der Waals surface area contributed by atoms with Gasteiger partial charge in [-0.15, -0.1) is 0 Å². The van der Waals surface area contributed by atoms with Crippen molar-refractivity contribution in [3.63, 3.8) is 0 Å². The van der Waals surface area contributed by atoms with Crippen molar-refractivity contribution in [3.8, 4) is 5.75 Å². The predicted octanol–water partition coefficient (Wildman–Crippen LogP) is 3.81. The van der Waals surface area contributed by atoms with E-state index in [0.29, 0.717) is 17.4 Å². The van der Waals surface area contributed by atoms with Gasteiger partial charge in [-0.2, -0.15) is 0 Å². The highest BCUT2D eigenvalue weighted by Crippen LogP contribution is 2.25. The zero-order valence-electron chi connectivity index (χ0n) is 13.3. The number of carbonyl (C=O) groups excluding carboxylic acids is 1. The molecule has 1 aliphatic carbocycles. The molecule has 0 radical (unpaired) electrons. The van der Waals surface area contributed by atoms with Crippen LogP contribution in [-0.4, -0.2) is 19.1 Å². The van der Waals surface area contributed by atoms with Crippen molar-refractivity contribution in [2.75, 3.05) is 13.2 Å². The predicted molar refractivity (Wildman–Crippen MR) is 94.8 cm³/mol. The number of ether oxygens (including phenoxy) is 1. The molecule has 126 valence electrons. The molecule has 5 heteroatoms. The molecule has 0 spiro atoms. The van der Waals surface area contributed by atoms with Crippen molar-refractivity contribution in [3.05, 3.63) is 63.4 Å². The lowest BCUT2D eigenvalue weighted by molar-refractivity contribution is -0.123. The minimum atomic E-state index is -0.287. The SMILES string of the molecule is O=C(COc1ccc2c(c1)CCC2)NCCc1ccc(F)c(Br)c1. The van der Waals surface area contributed by atoms with Gasteiger partial charge in [0.05, 0.1) is 4.47 Å². The van der Waals surface area contributed by atoms with Crippen LogP contribution in [0.2, 0.25) is 0 Å². The number of benzene rings is 2. The summed E-state index contributed by atoms with van der Waals surface area (Å²) in [6, 6.07) is 10.9. The van der Waals surface area contributed by atoms with E-state index in [2.05, 4.69) is 27.3 Å². The van der Waals surface area contributed by atoms with Crippen LogP contribution in [0.4, 0.5) is 4.39 Å². The molecule has 0 fully saturated rings. The first kappa shape index (κ1) is 17.0. The number of halogens is 2. The molecule has 0 atom stereocenters. The molecule has 1 aliphatic rings. The summed E-state index contributed by atoms with van der Waals surface area (Å²) in [5.74, 6) is 0.301. The Bertz CT molecular complexity index is 748. The zero-order chi connectivity index (χ0) is 16.9. The average molecular weight is 392 g/mol. The van der Waals surface area contributed by atoms with Gasteiger partial charge in [-0.1, -0.05) is 12.1 Å². The van der Waals surface area contributed by atoms with Crippen LogP contribution in [0.1, 0.15) is 23.1 Å². The van der Waals surface area contributed by atoms with Crippen LogP contribution in [0.5, 0.6) is 5.75 Å². The first-order valence-corrected chi connectivity index (χ1v) is 8.86. The van der Waals surface area contributed by atoms with Crippen molar-refractivity contribution < 1.29 is 13.9 Å². The van der Waals surface area contributed by atoms with Gasteiger partial charge in [0.1, 0.15) is 11.6 Å². The number of rotatable bonds is 6. The van der Waals surface area contributed by atoms with Crippen molar-refractivity contribution >= 4 is 21.8 Å². The summed E-state index contributed by atoms with van der Waals surface area (Å²) in [4.78, 5) is 11.9. The van der Waals surface area contributed by atoms with Gasteiger partial charge in [0.15, 0.2) is 6.61 Å². The summed E-state index contributed by atoms with van der Waals surface area (Å²) in [6.45, 7) is 0.496. The highest BCUT2D eigenvalue weighted by molar-refractivity contribution is 9.10. The monoisotopic (exact) mass is 391 g/mol. The Hall–Kier alpha value is -1.88. The van der Waals surface area contributed by atoms with E-state index in [4.69, 9.17) is 4.74 Å². The van der Waals surface area contributed by atoms with E-state index < -0.39 is 0 Å². The highest BCUT2D eigenvalue weighted by atomic mass is 79.9. The molecular weight excluding hydrogens is 373 g/mol. The Balaban J connectivity index is 1.42. The Morgan fingerprint density at radius 2 is 2.00 bits per heavy atom. The number of hydrogen-bond donors (Lipinski definition) is 1. The van der Waals surface area contributed by atoms with Crippen LogP contribution in [0.3, 0.4) is 0 Å². The van der Waals surface area contributed by atoms with E-state index in [9.17, 15) is 9.18 Å². The topological polar surface area (TPSA) is 38.3 Å². The molecule has 2 aromatic rings. The maximum absolute atomic E-state index is 13.2. The lowest BCUT2D eigenvalue weighted by Crippen LogP contribution is -2.30. The summed E-state index contributed by atoms with van der Waals surface area (Å²) < 4.78 is 19.2. The van der Waals surface area contributed by atoms with E-state index in [0.717, 1.165) is 24.2 Å². The summed E-state index contributed by atoms with van der Waals surface area (Å²) in [6.07, 6.45) is 4.06. The smallest absolute Gasteiger partial charge is 0.257 e. The molecule has 3 nitrogen and oxygen atoms in total. The fourth-order valence-corrected chi connectivity index (χ4v) is 3.31. The Kier molecular flexibility index (Phi) is 5.51. The Labute approximate surface area is 149 Å². The Morgan fingerprint density at radius 3 is 2.83 bits per heavy atom. The van der Waals surface area contributed by atoms with Gasteiger partial charge < -0.3 is 10.1 Å². The van der Waals surface area contributed by atoms with Gasteiger partial charge in [-0.25, -0.2) is 4.39 Å². The number of nitrogens with one attached hydrogen (secondary N) is 1. The van der Waals surface area contributed by atoms with E-state index in [1.807, 2.05) is 12.1 Å². The molecule has 0 heterocycles. The van der Waals surface area contributed by atoms with Crippen molar-refractivity contribution in [2.45, 2.75) is 25.7 Å². The fraction of sp³-hybridized carbons (Fsp3) is 0.316. The van der Waals surface area contributed by atoms with Crippen LogP contribution in [-0.2, 0) is 24.1 Å².